The summed E-state index contributed by atoms with van der Waals surface area (Å²) >= 11 is 1.96. The van der Waals surface area contributed by atoms with E-state index >= 15 is 0 Å². The average Bonchev–Trinajstić information content (AvgIpc) is 2.82. The molecule has 1 aromatic heterocycles. The van der Waals surface area contributed by atoms with Crippen molar-refractivity contribution in [2.24, 2.45) is 0 Å². The van der Waals surface area contributed by atoms with Crippen molar-refractivity contribution in [3.8, 4) is 0 Å². The van der Waals surface area contributed by atoms with Crippen LogP contribution in [0.15, 0.2) is 35.4 Å². The monoisotopic (exact) mass is 259 g/mol. The molecule has 0 unspecified atom stereocenters. The van der Waals surface area contributed by atoms with Crippen LogP contribution in [0.5, 0.6) is 0 Å². The van der Waals surface area contributed by atoms with E-state index in [1.165, 1.54) is 28.2 Å². The number of nitrogens with one attached hydrogen (secondary N) is 2. The second kappa shape index (κ2) is 5.16. The van der Waals surface area contributed by atoms with Gasteiger partial charge < -0.3 is 5.32 Å². The van der Waals surface area contributed by atoms with E-state index in [0.717, 1.165) is 12.2 Å². The highest BCUT2D eigenvalue weighted by molar-refractivity contribution is 7.99. The zero-order valence-electron chi connectivity index (χ0n) is 10.4. The first-order valence-corrected chi connectivity index (χ1v) is 7.27. The zero-order chi connectivity index (χ0) is 12.4. The second-order valence-corrected chi connectivity index (χ2v) is 5.77. The maximum atomic E-state index is 4.06. The molecule has 94 valence electrons. The minimum Gasteiger partial charge on any atom is -0.306 e. The van der Waals surface area contributed by atoms with Crippen molar-refractivity contribution in [1.29, 1.82) is 0 Å². The highest BCUT2D eigenvalue weighted by atomic mass is 32.2. The highest BCUT2D eigenvalue weighted by Crippen LogP contribution is 2.35. The number of fused-ring (bicyclic) bond motifs is 1. The molecular weight excluding hydrogens is 242 g/mol. The Hall–Kier alpha value is -1.26. The summed E-state index contributed by atoms with van der Waals surface area (Å²) in [7, 11) is 0. The molecule has 0 saturated heterocycles. The quantitative estimate of drug-likeness (QED) is 0.890. The van der Waals surface area contributed by atoms with Crippen molar-refractivity contribution < 1.29 is 0 Å². The number of rotatable bonds is 3. The normalized spacial score (nSPS) is 18.6. The summed E-state index contributed by atoms with van der Waals surface area (Å²) in [6.45, 7) is 2.95. The number of hydrogen-bond donors (Lipinski definition) is 2. The molecule has 0 amide bonds. The number of aromatic amines is 1. The first kappa shape index (κ1) is 11.8. The van der Waals surface area contributed by atoms with Crippen LogP contribution in [-0.2, 0) is 6.54 Å². The SMILES string of the molecule is Cc1[nH]ncc1CN[C@@H]1CCSc2ccccc21. The van der Waals surface area contributed by atoms with Gasteiger partial charge in [-0.2, -0.15) is 5.10 Å². The van der Waals surface area contributed by atoms with E-state index in [4.69, 9.17) is 0 Å². The van der Waals surface area contributed by atoms with Crippen LogP contribution in [0.1, 0.15) is 29.3 Å². The molecule has 4 heteroatoms. The molecule has 1 aliphatic heterocycles. The van der Waals surface area contributed by atoms with Crippen molar-refractivity contribution in [3.63, 3.8) is 0 Å². The van der Waals surface area contributed by atoms with Gasteiger partial charge in [-0.3, -0.25) is 5.10 Å². The minimum atomic E-state index is 0.469. The van der Waals surface area contributed by atoms with E-state index < -0.39 is 0 Å². The topological polar surface area (TPSA) is 40.7 Å². The van der Waals surface area contributed by atoms with Crippen LogP contribution in [0, 0.1) is 6.92 Å². The van der Waals surface area contributed by atoms with Crippen molar-refractivity contribution in [3.05, 3.63) is 47.3 Å². The molecule has 1 aromatic carbocycles. The summed E-state index contributed by atoms with van der Waals surface area (Å²) in [5, 5.41) is 10.7. The Kier molecular flexibility index (Phi) is 3.39. The third kappa shape index (κ3) is 2.31. The standard InChI is InChI=1S/C14H17N3S/c1-10-11(9-16-17-10)8-15-13-6-7-18-14-5-3-2-4-12(13)14/h2-5,9,13,15H,6-8H2,1H3,(H,16,17)/t13-/m1/s1. The number of hydrogen-bond acceptors (Lipinski definition) is 3. The first-order chi connectivity index (χ1) is 8.84. The van der Waals surface area contributed by atoms with E-state index in [-0.39, 0.29) is 0 Å². The van der Waals surface area contributed by atoms with Crippen LogP contribution in [0.3, 0.4) is 0 Å². The lowest BCUT2D eigenvalue weighted by Crippen LogP contribution is -2.24. The van der Waals surface area contributed by atoms with Gasteiger partial charge in [0.15, 0.2) is 0 Å². The third-order valence-corrected chi connectivity index (χ3v) is 4.55. The number of nitrogens with zero attached hydrogens (tertiary/aromatic N) is 1. The molecule has 0 fully saturated rings. The maximum Gasteiger partial charge on any atom is 0.0535 e. The summed E-state index contributed by atoms with van der Waals surface area (Å²) < 4.78 is 0. The molecule has 0 aliphatic carbocycles. The van der Waals surface area contributed by atoms with E-state index in [1.54, 1.807) is 0 Å². The van der Waals surface area contributed by atoms with E-state index in [9.17, 15) is 0 Å². The fourth-order valence-corrected chi connectivity index (χ4v) is 3.47. The molecule has 1 aliphatic rings. The van der Waals surface area contributed by atoms with Crippen LogP contribution in [0.25, 0.3) is 0 Å². The van der Waals surface area contributed by atoms with Gasteiger partial charge in [0.2, 0.25) is 0 Å². The lowest BCUT2D eigenvalue weighted by Gasteiger charge is -2.25. The Morgan fingerprint density at radius 3 is 3.17 bits per heavy atom. The second-order valence-electron chi connectivity index (χ2n) is 4.63. The Morgan fingerprint density at radius 1 is 1.44 bits per heavy atom. The van der Waals surface area contributed by atoms with Crippen molar-refractivity contribution in [1.82, 2.24) is 15.5 Å². The average molecular weight is 259 g/mol. The Labute approximate surface area is 111 Å². The van der Waals surface area contributed by atoms with E-state index in [1.807, 2.05) is 18.0 Å². The smallest absolute Gasteiger partial charge is 0.0535 e. The molecular formula is C14H17N3S. The Bertz CT molecular complexity index is 535. The predicted molar refractivity (Wildman–Crippen MR) is 74.7 cm³/mol. The lowest BCUT2D eigenvalue weighted by molar-refractivity contribution is 0.509. The molecule has 0 bridgehead atoms. The summed E-state index contributed by atoms with van der Waals surface area (Å²) in [4.78, 5) is 1.42. The summed E-state index contributed by atoms with van der Waals surface area (Å²) in [5.74, 6) is 1.19. The number of aromatic nitrogens is 2. The van der Waals surface area contributed by atoms with Gasteiger partial charge in [0, 0.05) is 28.7 Å². The molecule has 0 spiro atoms. The van der Waals surface area contributed by atoms with Crippen molar-refractivity contribution in [2.75, 3.05) is 5.75 Å². The van der Waals surface area contributed by atoms with E-state index in [2.05, 4.69) is 46.7 Å². The van der Waals surface area contributed by atoms with Gasteiger partial charge in [-0.05, 0) is 30.7 Å². The van der Waals surface area contributed by atoms with Gasteiger partial charge >= 0.3 is 0 Å². The van der Waals surface area contributed by atoms with Crippen LogP contribution in [0.2, 0.25) is 0 Å². The molecule has 2 N–H and O–H groups in total. The summed E-state index contributed by atoms with van der Waals surface area (Å²) in [6.07, 6.45) is 3.10. The third-order valence-electron chi connectivity index (χ3n) is 3.43. The molecule has 2 aromatic rings. The fourth-order valence-electron chi connectivity index (χ4n) is 2.34. The molecule has 2 heterocycles. The first-order valence-electron chi connectivity index (χ1n) is 6.28. The Balaban J connectivity index is 1.73. The lowest BCUT2D eigenvalue weighted by atomic mass is 10.0. The van der Waals surface area contributed by atoms with Gasteiger partial charge in [-0.25, -0.2) is 0 Å². The van der Waals surface area contributed by atoms with Gasteiger partial charge in [0.05, 0.1) is 6.20 Å². The van der Waals surface area contributed by atoms with Gasteiger partial charge in [0.25, 0.3) is 0 Å². The molecule has 18 heavy (non-hydrogen) atoms. The molecule has 3 rings (SSSR count). The molecule has 0 radical (unpaired) electrons. The van der Waals surface area contributed by atoms with Crippen LogP contribution < -0.4 is 5.32 Å². The zero-order valence-corrected chi connectivity index (χ0v) is 11.3. The number of thioether (sulfide) groups is 1. The maximum absolute atomic E-state index is 4.06. The predicted octanol–water partition coefficient (Wildman–Crippen LogP) is 3.04. The molecule has 0 saturated carbocycles. The van der Waals surface area contributed by atoms with E-state index in [0.29, 0.717) is 6.04 Å². The molecule has 3 nitrogen and oxygen atoms in total. The molecule has 1 atom stereocenters. The van der Waals surface area contributed by atoms with Crippen molar-refractivity contribution in [2.45, 2.75) is 30.8 Å². The number of benzene rings is 1. The van der Waals surface area contributed by atoms with Crippen LogP contribution >= 0.6 is 11.8 Å². The van der Waals surface area contributed by atoms with Crippen LogP contribution in [0.4, 0.5) is 0 Å². The largest absolute Gasteiger partial charge is 0.306 e. The Morgan fingerprint density at radius 2 is 2.33 bits per heavy atom. The minimum absolute atomic E-state index is 0.469. The van der Waals surface area contributed by atoms with Crippen molar-refractivity contribution >= 4 is 11.8 Å². The summed E-state index contributed by atoms with van der Waals surface area (Å²) in [6, 6.07) is 9.17. The summed E-state index contributed by atoms with van der Waals surface area (Å²) in [5.41, 5.74) is 3.85. The van der Waals surface area contributed by atoms with Gasteiger partial charge in [0.1, 0.15) is 0 Å². The van der Waals surface area contributed by atoms with Crippen LogP contribution in [-0.4, -0.2) is 16.0 Å². The number of aryl methyl sites for hydroxylation is 1. The number of H-pyrrole nitrogens is 1. The highest BCUT2D eigenvalue weighted by Gasteiger charge is 2.19. The van der Waals surface area contributed by atoms with Gasteiger partial charge in [-0.1, -0.05) is 18.2 Å². The van der Waals surface area contributed by atoms with Gasteiger partial charge in [-0.15, -0.1) is 11.8 Å². The fraction of sp³-hybridized carbons (Fsp3) is 0.357.